The Labute approximate surface area is 98.9 Å². The van der Waals surface area contributed by atoms with Crippen LogP contribution >= 0.6 is 0 Å². The molecule has 0 atom stereocenters. The molecule has 0 fully saturated rings. The molecule has 0 saturated heterocycles. The molecule has 1 nitrogen and oxygen atoms in total. The van der Waals surface area contributed by atoms with Gasteiger partial charge in [0.15, 0.2) is 0 Å². The predicted octanol–water partition coefficient (Wildman–Crippen LogP) is 4.05. The normalized spacial score (nSPS) is 11.6. The van der Waals surface area contributed by atoms with Crippen molar-refractivity contribution in [3.05, 3.63) is 53.9 Å². The van der Waals surface area contributed by atoms with E-state index in [1.165, 1.54) is 6.07 Å². The van der Waals surface area contributed by atoms with Crippen molar-refractivity contribution >= 4 is 0 Å². The highest BCUT2D eigenvalue weighted by molar-refractivity contribution is 5.64. The first-order valence-electron chi connectivity index (χ1n) is 4.86. The molecule has 1 heterocycles. The third kappa shape index (κ3) is 2.47. The van der Waals surface area contributed by atoms with E-state index in [0.717, 1.165) is 24.3 Å². The fourth-order valence-electron chi connectivity index (χ4n) is 1.49. The second-order valence-corrected chi connectivity index (χ2v) is 3.57. The van der Waals surface area contributed by atoms with Gasteiger partial charge < -0.3 is 0 Å². The van der Waals surface area contributed by atoms with E-state index in [4.69, 9.17) is 0 Å². The third-order valence-corrected chi connectivity index (χ3v) is 2.31. The first-order chi connectivity index (χ1) is 8.38. The summed E-state index contributed by atoms with van der Waals surface area (Å²) in [4.78, 5) is 3.12. The highest BCUT2D eigenvalue weighted by atomic mass is 19.4. The Kier molecular flexibility index (Phi) is 3.02. The Hall–Kier alpha value is -1.98. The third-order valence-electron chi connectivity index (χ3n) is 2.31. The predicted molar refractivity (Wildman–Crippen MR) is 54.6 cm³/mol. The average Bonchev–Trinajstić information content (AvgIpc) is 2.31. The van der Waals surface area contributed by atoms with Crippen LogP contribution in [-0.4, -0.2) is 4.98 Å². The first-order valence-corrected chi connectivity index (χ1v) is 4.86. The van der Waals surface area contributed by atoms with Gasteiger partial charge in [0.2, 0.25) is 5.95 Å². The summed E-state index contributed by atoms with van der Waals surface area (Å²) < 4.78 is 63.7. The molecule has 0 radical (unpaired) electrons. The number of hydrogen-bond donors (Lipinski definition) is 0. The van der Waals surface area contributed by atoms with Gasteiger partial charge in [-0.05, 0) is 23.8 Å². The molecule has 0 aliphatic rings. The van der Waals surface area contributed by atoms with E-state index in [2.05, 4.69) is 4.98 Å². The number of halogens is 5. The lowest BCUT2D eigenvalue weighted by Gasteiger charge is -2.09. The Balaban J connectivity index is 2.55. The summed E-state index contributed by atoms with van der Waals surface area (Å²) in [5, 5.41) is 0. The molecule has 0 bridgehead atoms. The molecular weight excluding hydrogens is 253 g/mol. The number of rotatable bonds is 1. The van der Waals surface area contributed by atoms with Crippen molar-refractivity contribution in [2.24, 2.45) is 0 Å². The molecule has 0 N–H and O–H groups in total. The maximum atomic E-state index is 13.3. The summed E-state index contributed by atoms with van der Waals surface area (Å²) in [6, 6.07) is 4.79. The molecule has 0 saturated carbocycles. The monoisotopic (exact) mass is 259 g/mol. The van der Waals surface area contributed by atoms with Crippen molar-refractivity contribution in [2.45, 2.75) is 6.18 Å². The molecule has 2 aromatic rings. The Morgan fingerprint density at radius 1 is 1.00 bits per heavy atom. The van der Waals surface area contributed by atoms with Crippen LogP contribution in [0.1, 0.15) is 5.56 Å². The number of benzene rings is 1. The Bertz CT molecular complexity index is 577. The molecule has 0 aliphatic carbocycles. The molecular formula is C12H6F5N. The minimum atomic E-state index is -4.53. The van der Waals surface area contributed by atoms with Crippen LogP contribution in [0, 0.1) is 11.8 Å². The quantitative estimate of drug-likeness (QED) is 0.556. The van der Waals surface area contributed by atoms with Crippen LogP contribution in [0.4, 0.5) is 22.0 Å². The highest BCUT2D eigenvalue weighted by Crippen LogP contribution is 2.32. The van der Waals surface area contributed by atoms with Crippen LogP contribution in [-0.2, 0) is 6.18 Å². The van der Waals surface area contributed by atoms with Crippen molar-refractivity contribution in [1.29, 1.82) is 0 Å². The van der Waals surface area contributed by atoms with Crippen molar-refractivity contribution < 1.29 is 22.0 Å². The summed E-state index contributed by atoms with van der Waals surface area (Å²) in [5.74, 6) is -1.83. The van der Waals surface area contributed by atoms with Gasteiger partial charge in [0.05, 0.1) is 11.8 Å². The van der Waals surface area contributed by atoms with Gasteiger partial charge in [-0.25, -0.2) is 9.37 Å². The molecule has 1 aromatic carbocycles. The SMILES string of the molecule is Fc1cnc(F)c(-c2cccc(C(F)(F)F)c2)c1. The number of nitrogens with zero attached hydrogens (tertiary/aromatic N) is 1. The average molecular weight is 259 g/mol. The van der Waals surface area contributed by atoms with Gasteiger partial charge in [-0.3, -0.25) is 0 Å². The van der Waals surface area contributed by atoms with Crippen LogP contribution in [0.2, 0.25) is 0 Å². The zero-order valence-electron chi connectivity index (χ0n) is 8.80. The van der Waals surface area contributed by atoms with E-state index in [1.54, 1.807) is 0 Å². The lowest BCUT2D eigenvalue weighted by Crippen LogP contribution is -2.04. The van der Waals surface area contributed by atoms with Crippen molar-refractivity contribution in [1.82, 2.24) is 4.98 Å². The van der Waals surface area contributed by atoms with Gasteiger partial charge >= 0.3 is 6.18 Å². The van der Waals surface area contributed by atoms with Crippen LogP contribution in [0.5, 0.6) is 0 Å². The number of alkyl halides is 3. The Morgan fingerprint density at radius 2 is 1.72 bits per heavy atom. The van der Waals surface area contributed by atoms with E-state index < -0.39 is 23.5 Å². The van der Waals surface area contributed by atoms with E-state index in [1.807, 2.05) is 0 Å². The zero-order valence-corrected chi connectivity index (χ0v) is 8.80. The summed E-state index contributed by atoms with van der Waals surface area (Å²) in [5.41, 5.74) is -1.31. The number of pyridine rings is 1. The number of aromatic nitrogens is 1. The molecule has 18 heavy (non-hydrogen) atoms. The van der Waals surface area contributed by atoms with Gasteiger partial charge in [-0.1, -0.05) is 12.1 Å². The molecule has 94 valence electrons. The minimum Gasteiger partial charge on any atom is -0.225 e. The van der Waals surface area contributed by atoms with E-state index >= 15 is 0 Å². The standard InChI is InChI=1S/C12H6F5N/c13-9-5-10(11(14)18-6-9)7-2-1-3-8(4-7)12(15,16)17/h1-6H. The molecule has 6 heteroatoms. The second kappa shape index (κ2) is 4.36. The molecule has 1 aromatic heterocycles. The lowest BCUT2D eigenvalue weighted by molar-refractivity contribution is -0.137. The summed E-state index contributed by atoms with van der Waals surface area (Å²) in [6.45, 7) is 0. The van der Waals surface area contributed by atoms with Crippen LogP contribution < -0.4 is 0 Å². The summed E-state index contributed by atoms with van der Waals surface area (Å²) in [7, 11) is 0. The minimum absolute atomic E-state index is 0.0747. The molecule has 2 rings (SSSR count). The van der Waals surface area contributed by atoms with Crippen molar-refractivity contribution in [3.63, 3.8) is 0 Å². The molecule has 0 aliphatic heterocycles. The zero-order chi connectivity index (χ0) is 13.3. The topological polar surface area (TPSA) is 12.9 Å². The van der Waals surface area contributed by atoms with E-state index in [9.17, 15) is 22.0 Å². The van der Waals surface area contributed by atoms with Crippen LogP contribution in [0.15, 0.2) is 36.5 Å². The molecule has 0 spiro atoms. The van der Waals surface area contributed by atoms with Crippen LogP contribution in [0.3, 0.4) is 0 Å². The summed E-state index contributed by atoms with van der Waals surface area (Å²) in [6.07, 6.45) is -3.88. The number of hydrogen-bond acceptors (Lipinski definition) is 1. The maximum absolute atomic E-state index is 13.3. The Morgan fingerprint density at radius 3 is 2.39 bits per heavy atom. The largest absolute Gasteiger partial charge is 0.416 e. The van der Waals surface area contributed by atoms with E-state index in [-0.39, 0.29) is 11.1 Å². The first kappa shape index (κ1) is 12.5. The van der Waals surface area contributed by atoms with Crippen molar-refractivity contribution in [2.75, 3.05) is 0 Å². The van der Waals surface area contributed by atoms with Gasteiger partial charge in [-0.2, -0.15) is 17.6 Å². The second-order valence-electron chi connectivity index (χ2n) is 3.57. The molecule has 0 amide bonds. The smallest absolute Gasteiger partial charge is 0.225 e. The van der Waals surface area contributed by atoms with Gasteiger partial charge in [0, 0.05) is 5.56 Å². The van der Waals surface area contributed by atoms with Crippen LogP contribution in [0.25, 0.3) is 11.1 Å². The van der Waals surface area contributed by atoms with Gasteiger partial charge in [0.1, 0.15) is 5.82 Å². The highest BCUT2D eigenvalue weighted by Gasteiger charge is 2.30. The van der Waals surface area contributed by atoms with E-state index in [0.29, 0.717) is 6.20 Å². The van der Waals surface area contributed by atoms with Crippen molar-refractivity contribution in [3.8, 4) is 11.1 Å². The fourth-order valence-corrected chi connectivity index (χ4v) is 1.49. The maximum Gasteiger partial charge on any atom is 0.416 e. The fraction of sp³-hybridized carbons (Fsp3) is 0.0833. The summed E-state index contributed by atoms with van der Waals surface area (Å²) >= 11 is 0. The molecule has 0 unspecified atom stereocenters. The van der Waals surface area contributed by atoms with Gasteiger partial charge in [-0.15, -0.1) is 0 Å². The lowest BCUT2D eigenvalue weighted by atomic mass is 10.0. The van der Waals surface area contributed by atoms with Gasteiger partial charge in [0.25, 0.3) is 0 Å².